The lowest BCUT2D eigenvalue weighted by molar-refractivity contribution is -0.119. The van der Waals surface area contributed by atoms with Crippen molar-refractivity contribution in [3.05, 3.63) is 57.5 Å². The molecule has 0 bridgehead atoms. The van der Waals surface area contributed by atoms with Gasteiger partial charge in [-0.2, -0.15) is 0 Å². The van der Waals surface area contributed by atoms with Gasteiger partial charge in [-0.1, -0.05) is 34.8 Å². The summed E-state index contributed by atoms with van der Waals surface area (Å²) >= 11 is 19.3. The first kappa shape index (κ1) is 22.2. The molecule has 2 aromatic rings. The molecule has 0 saturated heterocycles. The normalized spacial score (nSPS) is 11.3. The zero-order valence-corrected chi connectivity index (χ0v) is 18.2. The summed E-state index contributed by atoms with van der Waals surface area (Å²) in [5, 5.41) is 3.94. The van der Waals surface area contributed by atoms with Crippen LogP contribution < -0.4 is 9.62 Å². The summed E-state index contributed by atoms with van der Waals surface area (Å²) in [7, 11) is -3.69. The lowest BCUT2D eigenvalue weighted by Gasteiger charge is -2.22. The van der Waals surface area contributed by atoms with Crippen molar-refractivity contribution in [2.24, 2.45) is 0 Å². The van der Waals surface area contributed by atoms with Crippen LogP contribution in [0.1, 0.15) is 0 Å². The highest BCUT2D eigenvalue weighted by atomic mass is 35.5. The van der Waals surface area contributed by atoms with Gasteiger partial charge in [0.15, 0.2) is 0 Å². The highest BCUT2D eigenvalue weighted by Crippen LogP contribution is 2.27. The minimum Gasteiger partial charge on any atom is -0.354 e. The van der Waals surface area contributed by atoms with Gasteiger partial charge in [0, 0.05) is 32.3 Å². The third-order valence-electron chi connectivity index (χ3n) is 3.33. The van der Waals surface area contributed by atoms with Crippen LogP contribution in [0.3, 0.4) is 0 Å². The van der Waals surface area contributed by atoms with Gasteiger partial charge in [-0.05, 0) is 42.5 Å². The predicted molar refractivity (Wildman–Crippen MR) is 114 cm³/mol. The van der Waals surface area contributed by atoms with Crippen LogP contribution in [0, 0.1) is 0 Å². The first-order chi connectivity index (χ1) is 12.6. The molecule has 0 unspecified atom stereocenters. The maximum Gasteiger partial charge on any atom is 0.240 e. The molecule has 2 aromatic carbocycles. The Hall–Kier alpha value is -1.12. The second-order valence-corrected chi connectivity index (χ2v) is 9.93. The number of anilines is 1. The third kappa shape index (κ3) is 7.43. The first-order valence-electron chi connectivity index (χ1n) is 7.74. The Kier molecular flexibility index (Phi) is 8.12. The van der Waals surface area contributed by atoms with Crippen LogP contribution in [0.5, 0.6) is 0 Å². The molecular formula is C17H17Cl3N2O3S2. The van der Waals surface area contributed by atoms with Crippen molar-refractivity contribution in [1.82, 2.24) is 5.32 Å². The van der Waals surface area contributed by atoms with Gasteiger partial charge < -0.3 is 5.32 Å². The molecule has 0 aromatic heterocycles. The number of amides is 1. The number of halogens is 3. The summed E-state index contributed by atoms with van der Waals surface area (Å²) in [5.74, 6) is 0.211. The van der Waals surface area contributed by atoms with E-state index in [9.17, 15) is 13.2 Å². The fourth-order valence-corrected chi connectivity index (χ4v) is 4.41. The summed E-state index contributed by atoms with van der Waals surface area (Å²) in [6.07, 6.45) is 1.02. The van der Waals surface area contributed by atoms with E-state index in [1.165, 1.54) is 18.2 Å². The molecule has 0 spiro atoms. The molecule has 0 radical (unpaired) electrons. The molecule has 146 valence electrons. The van der Waals surface area contributed by atoms with Crippen molar-refractivity contribution < 1.29 is 13.2 Å². The number of thioether (sulfide) groups is 1. The predicted octanol–water partition coefficient (Wildman–Crippen LogP) is 4.32. The number of rotatable bonds is 8. The first-order valence-corrected chi connectivity index (χ1v) is 11.7. The van der Waals surface area contributed by atoms with Crippen LogP contribution in [0.2, 0.25) is 15.1 Å². The molecule has 0 fully saturated rings. The lowest BCUT2D eigenvalue weighted by atomic mass is 10.3. The summed E-state index contributed by atoms with van der Waals surface area (Å²) in [6, 6.07) is 11.7. The van der Waals surface area contributed by atoms with Gasteiger partial charge in [-0.25, -0.2) is 8.42 Å². The van der Waals surface area contributed by atoms with Crippen molar-refractivity contribution in [2.45, 2.75) is 4.90 Å². The van der Waals surface area contributed by atoms with E-state index < -0.39 is 15.9 Å². The van der Waals surface area contributed by atoms with Gasteiger partial charge in [0.2, 0.25) is 15.9 Å². The van der Waals surface area contributed by atoms with E-state index in [1.54, 1.807) is 23.9 Å². The maximum atomic E-state index is 12.2. The molecule has 2 rings (SSSR count). The molecule has 27 heavy (non-hydrogen) atoms. The highest BCUT2D eigenvalue weighted by molar-refractivity contribution is 7.99. The second kappa shape index (κ2) is 9.89. The summed E-state index contributed by atoms with van der Waals surface area (Å²) in [6.45, 7) is 0.0289. The smallest absolute Gasteiger partial charge is 0.240 e. The van der Waals surface area contributed by atoms with Gasteiger partial charge in [-0.15, -0.1) is 11.8 Å². The Morgan fingerprint density at radius 1 is 1.04 bits per heavy atom. The van der Waals surface area contributed by atoms with E-state index in [1.807, 2.05) is 12.1 Å². The van der Waals surface area contributed by atoms with E-state index >= 15 is 0 Å². The maximum absolute atomic E-state index is 12.2. The topological polar surface area (TPSA) is 66.5 Å². The molecule has 0 heterocycles. The standard InChI is InChI=1S/C17H17Cl3N2O3S2/c1-27(24,25)22(15-9-13(19)8-14(20)10-15)11-17(23)21-6-7-26-16-4-2-12(18)3-5-16/h2-5,8-10H,6-7,11H2,1H3,(H,21,23). The molecule has 10 heteroatoms. The average molecular weight is 468 g/mol. The van der Waals surface area contributed by atoms with Gasteiger partial charge >= 0.3 is 0 Å². The number of sulfonamides is 1. The number of hydrogen-bond acceptors (Lipinski definition) is 4. The molecule has 0 aliphatic rings. The minimum atomic E-state index is -3.69. The molecule has 0 atom stereocenters. The van der Waals surface area contributed by atoms with Crippen molar-refractivity contribution in [3.8, 4) is 0 Å². The van der Waals surface area contributed by atoms with Gasteiger partial charge in [0.05, 0.1) is 11.9 Å². The molecule has 0 aliphatic carbocycles. The Labute approximate surface area is 178 Å². The van der Waals surface area contributed by atoms with Crippen LogP contribution in [-0.4, -0.2) is 39.4 Å². The van der Waals surface area contributed by atoms with Gasteiger partial charge in [-0.3, -0.25) is 9.10 Å². The van der Waals surface area contributed by atoms with Crippen molar-refractivity contribution in [3.63, 3.8) is 0 Å². The minimum absolute atomic E-state index is 0.237. The number of hydrogen-bond donors (Lipinski definition) is 1. The van der Waals surface area contributed by atoms with E-state index in [-0.39, 0.29) is 22.3 Å². The Morgan fingerprint density at radius 3 is 2.19 bits per heavy atom. The quantitative estimate of drug-likeness (QED) is 0.464. The van der Waals surface area contributed by atoms with Crippen molar-refractivity contribution >= 4 is 68.2 Å². The van der Waals surface area contributed by atoms with E-state index in [4.69, 9.17) is 34.8 Å². The fourth-order valence-electron chi connectivity index (χ4n) is 2.16. The zero-order valence-electron chi connectivity index (χ0n) is 14.3. The molecule has 1 N–H and O–H groups in total. The monoisotopic (exact) mass is 466 g/mol. The summed E-state index contributed by atoms with van der Waals surface area (Å²) < 4.78 is 25.1. The van der Waals surface area contributed by atoms with Crippen LogP contribution in [-0.2, 0) is 14.8 Å². The number of carbonyl (C=O) groups is 1. The Bertz CT molecular complexity index is 886. The number of nitrogens with one attached hydrogen (secondary N) is 1. The molecule has 5 nitrogen and oxygen atoms in total. The average Bonchev–Trinajstić information content (AvgIpc) is 2.56. The SMILES string of the molecule is CS(=O)(=O)N(CC(=O)NCCSc1ccc(Cl)cc1)c1cc(Cl)cc(Cl)c1. The number of nitrogens with zero attached hydrogens (tertiary/aromatic N) is 1. The number of benzene rings is 2. The van der Waals surface area contributed by atoms with E-state index in [2.05, 4.69) is 5.32 Å². The highest BCUT2D eigenvalue weighted by Gasteiger charge is 2.21. The van der Waals surface area contributed by atoms with E-state index in [0.29, 0.717) is 17.3 Å². The molecule has 0 aliphatic heterocycles. The fraction of sp³-hybridized carbons (Fsp3) is 0.235. The Balaban J connectivity index is 1.93. The molecule has 1 amide bonds. The van der Waals surface area contributed by atoms with Crippen LogP contribution in [0.25, 0.3) is 0 Å². The van der Waals surface area contributed by atoms with Crippen LogP contribution >= 0.6 is 46.6 Å². The lowest BCUT2D eigenvalue weighted by Crippen LogP contribution is -2.41. The summed E-state index contributed by atoms with van der Waals surface area (Å²) in [5.41, 5.74) is 0.237. The molecule has 0 saturated carbocycles. The van der Waals surface area contributed by atoms with Crippen LogP contribution in [0.4, 0.5) is 5.69 Å². The largest absolute Gasteiger partial charge is 0.354 e. The zero-order chi connectivity index (χ0) is 20.0. The molecular weight excluding hydrogens is 451 g/mol. The van der Waals surface area contributed by atoms with Crippen LogP contribution in [0.15, 0.2) is 47.4 Å². The van der Waals surface area contributed by atoms with Gasteiger partial charge in [0.1, 0.15) is 6.54 Å². The second-order valence-electron chi connectivity index (χ2n) is 5.55. The summed E-state index contributed by atoms with van der Waals surface area (Å²) in [4.78, 5) is 13.2. The Morgan fingerprint density at radius 2 is 1.63 bits per heavy atom. The number of carbonyl (C=O) groups excluding carboxylic acids is 1. The third-order valence-corrected chi connectivity index (χ3v) is 6.17. The van der Waals surface area contributed by atoms with Crippen molar-refractivity contribution in [1.29, 1.82) is 0 Å². The van der Waals surface area contributed by atoms with Gasteiger partial charge in [0.25, 0.3) is 0 Å². The van der Waals surface area contributed by atoms with Crippen molar-refractivity contribution in [2.75, 3.05) is 29.4 Å². The van der Waals surface area contributed by atoms with E-state index in [0.717, 1.165) is 15.5 Å².